The molecule has 2 fully saturated rings. The molecule has 1 aromatic rings. The smallest absolute Gasteiger partial charge is 0.411 e. The predicted molar refractivity (Wildman–Crippen MR) is 93.8 cm³/mol. The van der Waals surface area contributed by atoms with Crippen LogP contribution in [0, 0.1) is 0 Å². The van der Waals surface area contributed by atoms with E-state index in [2.05, 4.69) is 0 Å². The molecule has 4 aliphatic rings. The zero-order valence-electron chi connectivity index (χ0n) is 14.2. The number of fused-ring (bicyclic) bond motifs is 2. The zero-order valence-corrected chi connectivity index (χ0v) is 14.2. The van der Waals surface area contributed by atoms with Crippen LogP contribution in [-0.4, -0.2) is 35.0 Å². The molecule has 1 unspecified atom stereocenters. The molecular formula is C21H18FNO3. The number of hydrogen-bond donors (Lipinski definition) is 0. The van der Waals surface area contributed by atoms with Gasteiger partial charge in [0.15, 0.2) is 0 Å². The average molecular weight is 351 g/mol. The van der Waals surface area contributed by atoms with Crippen molar-refractivity contribution in [2.24, 2.45) is 0 Å². The van der Waals surface area contributed by atoms with Crippen molar-refractivity contribution in [2.45, 2.75) is 37.3 Å². The van der Waals surface area contributed by atoms with Gasteiger partial charge in [0.05, 0.1) is 12.6 Å². The summed E-state index contributed by atoms with van der Waals surface area (Å²) in [5.41, 5.74) is 2.26. The van der Waals surface area contributed by atoms with Crippen LogP contribution in [0.4, 0.5) is 9.18 Å². The minimum absolute atomic E-state index is 0.219. The Labute approximate surface area is 150 Å². The number of Topliss-reactive ketones (excluding diaryl/α,β-unsaturated/α-hetero) is 1. The lowest BCUT2D eigenvalue weighted by atomic mass is 9.73. The second-order valence-corrected chi connectivity index (χ2v) is 7.42. The third-order valence-corrected chi connectivity index (χ3v) is 5.89. The second kappa shape index (κ2) is 5.40. The van der Waals surface area contributed by atoms with E-state index in [0.717, 1.165) is 11.1 Å². The standard InChI is InChI=1S/C21H18FNO3/c22-18-16-7-6-15(13-4-2-1-3-5-13)17(18)19(16)23-12-21(26-20(23)25)10-8-14(24)9-11-21/h1-7,19H,8-12H2. The molecule has 5 heteroatoms. The van der Waals surface area contributed by atoms with Gasteiger partial charge in [0, 0.05) is 24.0 Å². The van der Waals surface area contributed by atoms with Crippen LogP contribution in [0.5, 0.6) is 0 Å². The Morgan fingerprint density at radius 3 is 2.50 bits per heavy atom. The summed E-state index contributed by atoms with van der Waals surface area (Å²) in [5.74, 6) is -0.0136. The van der Waals surface area contributed by atoms with Crippen molar-refractivity contribution in [1.29, 1.82) is 0 Å². The van der Waals surface area contributed by atoms with E-state index in [1.807, 2.05) is 36.4 Å². The molecule has 1 spiro atoms. The van der Waals surface area contributed by atoms with Gasteiger partial charge in [-0.25, -0.2) is 9.18 Å². The highest BCUT2D eigenvalue weighted by Gasteiger charge is 2.54. The minimum atomic E-state index is -0.594. The quantitative estimate of drug-likeness (QED) is 0.810. The number of nitrogens with zero attached hydrogens (tertiary/aromatic N) is 1. The number of ketones is 1. The van der Waals surface area contributed by atoms with Crippen LogP contribution in [0.3, 0.4) is 0 Å². The second-order valence-electron chi connectivity index (χ2n) is 7.42. The van der Waals surface area contributed by atoms with Crippen molar-refractivity contribution in [2.75, 3.05) is 6.54 Å². The average Bonchev–Trinajstić information content (AvgIpc) is 2.99. The lowest BCUT2D eigenvalue weighted by molar-refractivity contribution is -0.124. The summed E-state index contributed by atoms with van der Waals surface area (Å²) in [6, 6.07) is 9.25. The third kappa shape index (κ3) is 2.13. The molecule has 1 atom stereocenters. The zero-order chi connectivity index (χ0) is 17.9. The maximum Gasteiger partial charge on any atom is 0.411 e. The fourth-order valence-corrected chi connectivity index (χ4v) is 4.45. The molecule has 1 aliphatic heterocycles. The van der Waals surface area contributed by atoms with Crippen LogP contribution in [0.2, 0.25) is 0 Å². The molecule has 5 rings (SSSR count). The first kappa shape index (κ1) is 15.6. The molecule has 1 heterocycles. The van der Waals surface area contributed by atoms with Gasteiger partial charge in [0.1, 0.15) is 17.2 Å². The summed E-state index contributed by atoms with van der Waals surface area (Å²) in [5, 5.41) is 0. The van der Waals surface area contributed by atoms with Gasteiger partial charge >= 0.3 is 6.09 Å². The van der Waals surface area contributed by atoms with E-state index in [0.29, 0.717) is 43.4 Å². The number of carbonyl (C=O) groups is 2. The van der Waals surface area contributed by atoms with Crippen molar-refractivity contribution < 1.29 is 18.7 Å². The third-order valence-electron chi connectivity index (χ3n) is 5.89. The van der Waals surface area contributed by atoms with Crippen molar-refractivity contribution >= 4 is 17.4 Å². The molecule has 1 saturated heterocycles. The fraction of sp³-hybridized carbons (Fsp3) is 0.333. The van der Waals surface area contributed by atoms with Gasteiger partial charge in [-0.05, 0) is 24.0 Å². The fourth-order valence-electron chi connectivity index (χ4n) is 4.45. The normalized spacial score (nSPS) is 26.5. The molecule has 1 amide bonds. The van der Waals surface area contributed by atoms with Gasteiger partial charge in [-0.2, -0.15) is 0 Å². The van der Waals surface area contributed by atoms with E-state index >= 15 is 0 Å². The lowest BCUT2D eigenvalue weighted by Gasteiger charge is -2.41. The Balaban J connectivity index is 1.44. The molecule has 132 valence electrons. The Bertz CT molecular complexity index is 902. The molecule has 1 saturated carbocycles. The van der Waals surface area contributed by atoms with Gasteiger partial charge in [-0.3, -0.25) is 9.69 Å². The van der Waals surface area contributed by atoms with Crippen LogP contribution in [0.25, 0.3) is 5.57 Å². The van der Waals surface area contributed by atoms with E-state index < -0.39 is 11.7 Å². The molecule has 0 radical (unpaired) electrons. The van der Waals surface area contributed by atoms with Crippen LogP contribution < -0.4 is 0 Å². The number of carbonyl (C=O) groups excluding carboxylic acids is 2. The first-order chi connectivity index (χ1) is 12.6. The number of benzene rings is 1. The minimum Gasteiger partial charge on any atom is -0.441 e. The molecular weight excluding hydrogens is 333 g/mol. The SMILES string of the molecule is O=C1CCC2(CC1)CN(C1c3ccc(-c4ccccc4)c1c3F)C(=O)O2. The number of allylic oxidation sites excluding steroid dienone is 2. The molecule has 4 nitrogen and oxygen atoms in total. The number of rotatable bonds is 2. The van der Waals surface area contributed by atoms with Crippen LogP contribution in [-0.2, 0) is 9.53 Å². The van der Waals surface area contributed by atoms with Crippen LogP contribution >= 0.6 is 0 Å². The van der Waals surface area contributed by atoms with Crippen molar-refractivity contribution in [3.05, 3.63) is 65.0 Å². The monoisotopic (exact) mass is 351 g/mol. The van der Waals surface area contributed by atoms with E-state index in [4.69, 9.17) is 4.74 Å². The summed E-state index contributed by atoms with van der Waals surface area (Å²) >= 11 is 0. The van der Waals surface area contributed by atoms with E-state index in [1.165, 1.54) is 0 Å². The van der Waals surface area contributed by atoms with Gasteiger partial charge in [0.2, 0.25) is 0 Å². The Hall–Kier alpha value is -2.69. The number of ether oxygens (including phenoxy) is 1. The predicted octanol–water partition coefficient (Wildman–Crippen LogP) is 3.95. The van der Waals surface area contributed by atoms with Gasteiger partial charge in [-0.1, -0.05) is 42.5 Å². The maximum absolute atomic E-state index is 14.6. The number of hydrogen-bond acceptors (Lipinski definition) is 3. The summed E-state index contributed by atoms with van der Waals surface area (Å²) in [6.45, 7) is 0.417. The largest absolute Gasteiger partial charge is 0.441 e. The topological polar surface area (TPSA) is 46.6 Å². The Morgan fingerprint density at radius 1 is 1.08 bits per heavy atom. The number of halogens is 1. The van der Waals surface area contributed by atoms with Crippen molar-refractivity contribution in [3.8, 4) is 0 Å². The molecule has 3 aliphatic carbocycles. The van der Waals surface area contributed by atoms with Crippen molar-refractivity contribution in [1.82, 2.24) is 4.90 Å². The van der Waals surface area contributed by atoms with Crippen LogP contribution in [0.15, 0.2) is 59.5 Å². The molecule has 0 N–H and O–H groups in total. The number of amides is 1. The van der Waals surface area contributed by atoms with Crippen LogP contribution in [0.1, 0.15) is 31.2 Å². The van der Waals surface area contributed by atoms with Gasteiger partial charge in [0.25, 0.3) is 0 Å². The molecule has 2 bridgehead atoms. The summed E-state index contributed by atoms with van der Waals surface area (Å²) in [4.78, 5) is 25.7. The highest BCUT2D eigenvalue weighted by Crippen LogP contribution is 2.51. The van der Waals surface area contributed by atoms with E-state index in [1.54, 1.807) is 11.0 Å². The molecule has 0 aromatic heterocycles. The lowest BCUT2D eigenvalue weighted by Crippen LogP contribution is -2.47. The van der Waals surface area contributed by atoms with Gasteiger partial charge in [-0.15, -0.1) is 0 Å². The first-order valence-corrected chi connectivity index (χ1v) is 8.97. The highest BCUT2D eigenvalue weighted by molar-refractivity contribution is 5.92. The Morgan fingerprint density at radius 2 is 1.81 bits per heavy atom. The maximum atomic E-state index is 14.6. The van der Waals surface area contributed by atoms with Gasteiger partial charge < -0.3 is 4.74 Å². The highest BCUT2D eigenvalue weighted by atomic mass is 19.1. The Kier molecular flexibility index (Phi) is 3.23. The molecule has 26 heavy (non-hydrogen) atoms. The first-order valence-electron chi connectivity index (χ1n) is 8.97. The van der Waals surface area contributed by atoms with E-state index in [9.17, 15) is 14.0 Å². The van der Waals surface area contributed by atoms with E-state index in [-0.39, 0.29) is 17.7 Å². The molecule has 1 aromatic carbocycles. The van der Waals surface area contributed by atoms with Crippen molar-refractivity contribution in [3.63, 3.8) is 0 Å². The summed E-state index contributed by atoms with van der Waals surface area (Å²) < 4.78 is 20.3. The summed E-state index contributed by atoms with van der Waals surface area (Å²) in [6.07, 6.45) is 5.27. The summed E-state index contributed by atoms with van der Waals surface area (Å²) in [7, 11) is 0.